The van der Waals surface area contributed by atoms with Gasteiger partial charge in [0, 0.05) is 24.9 Å². The first-order chi connectivity index (χ1) is 12.6. The van der Waals surface area contributed by atoms with E-state index in [0.717, 1.165) is 18.7 Å². The van der Waals surface area contributed by atoms with Gasteiger partial charge in [-0.3, -0.25) is 10.1 Å². The average molecular weight is 443 g/mol. The van der Waals surface area contributed by atoms with Crippen LogP contribution in [0.25, 0.3) is 11.4 Å². The van der Waals surface area contributed by atoms with Crippen LogP contribution < -0.4 is 68.4 Å². The van der Waals surface area contributed by atoms with Crippen molar-refractivity contribution in [2.24, 2.45) is 11.8 Å². The van der Waals surface area contributed by atoms with Crippen LogP contribution in [0.5, 0.6) is 0 Å². The van der Waals surface area contributed by atoms with Gasteiger partial charge in [-0.2, -0.15) is 9.50 Å². The predicted molar refractivity (Wildman–Crippen MR) is 100.0 cm³/mol. The van der Waals surface area contributed by atoms with Crippen molar-refractivity contribution in [1.82, 2.24) is 14.6 Å². The number of pyridine rings is 1. The summed E-state index contributed by atoms with van der Waals surface area (Å²) in [7, 11) is 0. The second-order valence-corrected chi connectivity index (χ2v) is 6.48. The molecule has 9 heteroatoms. The van der Waals surface area contributed by atoms with E-state index < -0.39 is 5.91 Å². The van der Waals surface area contributed by atoms with Gasteiger partial charge in [0.25, 0.3) is 0 Å². The molecule has 140 valence electrons. The normalized spacial score (nSPS) is 16.9. The van der Waals surface area contributed by atoms with Gasteiger partial charge < -0.3 is 15.4 Å². The molecule has 0 unspecified atom stereocenters. The number of anilines is 2. The first-order valence-electron chi connectivity index (χ1n) is 9.29. The maximum atomic E-state index is 11.9. The third-order valence-corrected chi connectivity index (χ3v) is 4.71. The zero-order chi connectivity index (χ0) is 18.7. The second kappa shape index (κ2) is 10.1. The Hall–Kier alpha value is -0.835. The van der Waals surface area contributed by atoms with E-state index in [1.807, 2.05) is 32.0 Å². The summed E-state index contributed by atoms with van der Waals surface area (Å²) in [5.74, 6) is 0.682. The van der Waals surface area contributed by atoms with Crippen molar-refractivity contribution in [1.29, 1.82) is 0 Å². The van der Waals surface area contributed by atoms with Gasteiger partial charge >= 0.3 is 58.2 Å². The minimum Gasteiger partial charge on any atom is -0.668 e. The van der Waals surface area contributed by atoms with Crippen LogP contribution in [0.4, 0.5) is 11.8 Å². The largest absolute Gasteiger partial charge is 1.00 e. The number of aromatic nitrogens is 3. The first kappa shape index (κ1) is 22.5. The molecule has 2 N–H and O–H groups in total. The van der Waals surface area contributed by atoms with Crippen LogP contribution in [0.3, 0.4) is 0 Å². The zero-order valence-electron chi connectivity index (χ0n) is 16.2. The number of hydrogen-bond acceptors (Lipinski definition) is 5. The van der Waals surface area contributed by atoms with E-state index in [9.17, 15) is 9.59 Å². The third-order valence-electron chi connectivity index (χ3n) is 4.71. The Morgan fingerprint density at radius 3 is 2.37 bits per heavy atom. The van der Waals surface area contributed by atoms with Crippen LogP contribution in [-0.2, 0) is 9.59 Å². The van der Waals surface area contributed by atoms with E-state index in [0.29, 0.717) is 37.5 Å². The van der Waals surface area contributed by atoms with E-state index in [2.05, 4.69) is 20.3 Å². The molecule has 2 aliphatic rings. The van der Waals surface area contributed by atoms with Crippen LogP contribution >= 0.6 is 0 Å². The smallest absolute Gasteiger partial charge is 0.668 e. The van der Waals surface area contributed by atoms with Gasteiger partial charge in [0.05, 0.1) is 5.91 Å². The van der Waals surface area contributed by atoms with Crippen LogP contribution in [-0.4, -0.2) is 39.5 Å². The van der Waals surface area contributed by atoms with Gasteiger partial charge in [-0.25, -0.2) is 0 Å². The van der Waals surface area contributed by atoms with Crippen molar-refractivity contribution >= 4 is 29.2 Å². The number of amides is 2. The summed E-state index contributed by atoms with van der Waals surface area (Å²) in [6.45, 7) is 5.41. The summed E-state index contributed by atoms with van der Waals surface area (Å²) in [4.78, 5) is 29.6. The average Bonchev–Trinajstić information content (AvgIpc) is 3.43. The number of nitrogens with zero attached hydrogens (tertiary/aromatic N) is 4. The Balaban J connectivity index is 0.000000844. The van der Waals surface area contributed by atoms with Crippen LogP contribution in [0, 0.1) is 11.8 Å². The molecule has 0 bridgehead atoms. The third kappa shape index (κ3) is 5.37. The van der Waals surface area contributed by atoms with Gasteiger partial charge in [0.15, 0.2) is 5.65 Å². The SMILES string of the molecule is CC.[NH-]C(=O)C1CCN(c2cccc3nc(NC(=O)C4CC4)nn23)CC1.[Rb+]. The Morgan fingerprint density at radius 1 is 1.11 bits per heavy atom. The van der Waals surface area contributed by atoms with Crippen molar-refractivity contribution in [2.75, 3.05) is 23.3 Å². The molecule has 0 radical (unpaired) electrons. The molecule has 3 heterocycles. The summed E-state index contributed by atoms with van der Waals surface area (Å²) in [6.07, 6.45) is 3.24. The molecule has 2 amide bonds. The maximum Gasteiger partial charge on any atom is 1.00 e. The molecule has 1 aliphatic carbocycles. The molecule has 0 aromatic carbocycles. The molecule has 2 fully saturated rings. The summed E-state index contributed by atoms with van der Waals surface area (Å²) >= 11 is 0. The zero-order valence-corrected chi connectivity index (χ0v) is 21.2. The number of carbonyl (C=O) groups is 2. The second-order valence-electron chi connectivity index (χ2n) is 6.48. The Morgan fingerprint density at radius 2 is 1.78 bits per heavy atom. The van der Waals surface area contributed by atoms with Crippen molar-refractivity contribution in [3.63, 3.8) is 0 Å². The molecule has 4 rings (SSSR count). The fourth-order valence-electron chi connectivity index (χ4n) is 3.11. The molecule has 27 heavy (non-hydrogen) atoms. The van der Waals surface area contributed by atoms with Gasteiger partial charge in [0.1, 0.15) is 5.82 Å². The van der Waals surface area contributed by atoms with Crippen LogP contribution in [0.1, 0.15) is 39.5 Å². The number of carbonyl (C=O) groups excluding carboxylic acids is 2. The molecule has 0 atom stereocenters. The van der Waals surface area contributed by atoms with Gasteiger partial charge in [0.2, 0.25) is 11.9 Å². The number of fused-ring (bicyclic) bond motifs is 1. The van der Waals surface area contributed by atoms with Gasteiger partial charge in [-0.15, -0.1) is 5.10 Å². The Bertz CT molecular complexity index is 796. The number of rotatable bonds is 4. The van der Waals surface area contributed by atoms with E-state index in [1.54, 1.807) is 4.52 Å². The number of piperidine rings is 1. The summed E-state index contributed by atoms with van der Waals surface area (Å²) < 4.78 is 1.73. The summed E-state index contributed by atoms with van der Waals surface area (Å²) in [5.41, 5.74) is 7.93. The van der Waals surface area contributed by atoms with Crippen LogP contribution in [0.2, 0.25) is 0 Å². The van der Waals surface area contributed by atoms with Crippen molar-refractivity contribution < 1.29 is 67.8 Å². The fourth-order valence-corrected chi connectivity index (χ4v) is 3.11. The minimum absolute atomic E-state index is 0. The molecule has 8 nitrogen and oxygen atoms in total. The molecule has 0 spiro atoms. The van der Waals surface area contributed by atoms with Crippen LogP contribution in [0.15, 0.2) is 18.2 Å². The quantitative estimate of drug-likeness (QED) is 0.712. The van der Waals surface area contributed by atoms with Crippen molar-refractivity contribution in [2.45, 2.75) is 39.5 Å². The minimum atomic E-state index is -0.473. The molecule has 1 saturated carbocycles. The van der Waals surface area contributed by atoms with Crippen molar-refractivity contribution in [3.8, 4) is 0 Å². The topological polar surface area (TPSA) is 103 Å². The Kier molecular flexibility index (Phi) is 8.39. The molecular weight excluding hydrogens is 418 g/mol. The van der Waals surface area contributed by atoms with Gasteiger partial charge in [-0.05, 0) is 37.8 Å². The summed E-state index contributed by atoms with van der Waals surface area (Å²) in [6, 6.07) is 5.72. The monoisotopic (exact) mass is 442 g/mol. The first-order valence-corrected chi connectivity index (χ1v) is 9.29. The number of nitrogens with one attached hydrogen (secondary N) is 2. The standard InChI is InChI=1S/C16H20N6O2.C2H6.Rb/c17-14(23)10-6-8-21(9-7-10)13-3-1-2-12-18-16(20-22(12)13)19-15(24)11-4-5-11;1-2;/h1-3,10-11H,4-9H2,(H3,17,19,20,23,24);1-2H3;/q;;+1/p-1. The Labute approximate surface area is 208 Å². The number of hydrogen-bond donors (Lipinski definition) is 1. The molecule has 1 aliphatic heterocycles. The van der Waals surface area contributed by atoms with E-state index in [4.69, 9.17) is 5.73 Å². The van der Waals surface area contributed by atoms with Crippen molar-refractivity contribution in [3.05, 3.63) is 23.9 Å². The molecule has 2 aromatic rings. The van der Waals surface area contributed by atoms with E-state index in [1.165, 1.54) is 0 Å². The summed E-state index contributed by atoms with van der Waals surface area (Å²) in [5, 5.41) is 7.20. The molecular formula is C18H25N6O2Rb. The predicted octanol–water partition coefficient (Wildman–Crippen LogP) is -0.0968. The van der Waals surface area contributed by atoms with E-state index in [-0.39, 0.29) is 75.9 Å². The molecule has 2 aromatic heterocycles. The fraction of sp³-hybridized carbons (Fsp3) is 0.556. The maximum absolute atomic E-state index is 11.9. The molecule has 1 saturated heterocycles. The van der Waals surface area contributed by atoms with E-state index >= 15 is 0 Å². The van der Waals surface area contributed by atoms with Gasteiger partial charge in [-0.1, -0.05) is 19.9 Å².